The molecule has 0 heterocycles. The molecular weight excluding hydrogens is 216 g/mol. The van der Waals surface area contributed by atoms with Crippen molar-refractivity contribution in [3.63, 3.8) is 0 Å². The molecule has 3 nitrogen and oxygen atoms in total. The topological polar surface area (TPSA) is 35.5 Å². The normalized spacial score (nSPS) is 29.4. The number of rotatable bonds is 4. The van der Waals surface area contributed by atoms with Crippen LogP contribution in [0.15, 0.2) is 0 Å². The molecule has 0 saturated heterocycles. The highest BCUT2D eigenvalue weighted by molar-refractivity contribution is 5.70. The number of methoxy groups -OCH3 is 1. The van der Waals surface area contributed by atoms with Crippen molar-refractivity contribution in [1.29, 1.82) is 0 Å². The summed E-state index contributed by atoms with van der Waals surface area (Å²) >= 11 is 0. The number of carbonyl (C=O) groups excluding carboxylic acids is 1. The van der Waals surface area contributed by atoms with E-state index in [0.29, 0.717) is 18.9 Å². The molecule has 2 atom stereocenters. The van der Waals surface area contributed by atoms with Gasteiger partial charge in [0.1, 0.15) is 5.60 Å². The highest BCUT2D eigenvalue weighted by Crippen LogP contribution is 2.44. The monoisotopic (exact) mass is 242 g/mol. The Hall–Kier alpha value is -0.570. The zero-order chi connectivity index (χ0) is 13.1. The molecule has 1 fully saturated rings. The second kappa shape index (κ2) is 5.38. The van der Waals surface area contributed by atoms with Crippen LogP contribution in [0.1, 0.15) is 53.4 Å². The largest absolute Gasteiger partial charge is 0.460 e. The molecule has 3 heteroatoms. The molecular formula is C14H26O3. The first-order valence-corrected chi connectivity index (χ1v) is 6.47. The minimum atomic E-state index is -0.393. The molecule has 17 heavy (non-hydrogen) atoms. The lowest BCUT2D eigenvalue weighted by Gasteiger charge is -2.29. The Morgan fingerprint density at radius 1 is 1.41 bits per heavy atom. The van der Waals surface area contributed by atoms with Crippen LogP contribution in [0.2, 0.25) is 0 Å². The number of hydrogen-bond donors (Lipinski definition) is 0. The second-order valence-corrected chi connectivity index (χ2v) is 6.54. The highest BCUT2D eigenvalue weighted by atomic mass is 16.6. The molecule has 0 aromatic heterocycles. The van der Waals surface area contributed by atoms with Crippen molar-refractivity contribution < 1.29 is 14.3 Å². The summed E-state index contributed by atoms with van der Waals surface area (Å²) in [4.78, 5) is 11.9. The van der Waals surface area contributed by atoms with Crippen molar-refractivity contribution in [1.82, 2.24) is 0 Å². The molecule has 0 amide bonds. The second-order valence-electron chi connectivity index (χ2n) is 6.54. The summed E-state index contributed by atoms with van der Waals surface area (Å²) < 4.78 is 10.7. The lowest BCUT2D eigenvalue weighted by Crippen LogP contribution is -2.31. The van der Waals surface area contributed by atoms with E-state index in [1.165, 1.54) is 6.42 Å². The van der Waals surface area contributed by atoms with E-state index in [-0.39, 0.29) is 11.4 Å². The maximum Gasteiger partial charge on any atom is 0.306 e. The van der Waals surface area contributed by atoms with E-state index < -0.39 is 5.60 Å². The van der Waals surface area contributed by atoms with Crippen LogP contribution in [0.5, 0.6) is 0 Å². The van der Waals surface area contributed by atoms with Crippen molar-refractivity contribution >= 4 is 5.97 Å². The first kappa shape index (κ1) is 14.5. The number of ether oxygens (including phenoxy) is 2. The van der Waals surface area contributed by atoms with E-state index in [2.05, 4.69) is 6.92 Å². The van der Waals surface area contributed by atoms with Crippen LogP contribution < -0.4 is 0 Å². The van der Waals surface area contributed by atoms with Crippen LogP contribution >= 0.6 is 0 Å². The van der Waals surface area contributed by atoms with Gasteiger partial charge in [-0.05, 0) is 39.5 Å². The number of hydrogen-bond acceptors (Lipinski definition) is 3. The summed E-state index contributed by atoms with van der Waals surface area (Å²) in [6.07, 6.45) is 3.82. The van der Waals surface area contributed by atoms with Gasteiger partial charge in [0, 0.05) is 12.5 Å². The first-order valence-electron chi connectivity index (χ1n) is 6.47. The van der Waals surface area contributed by atoms with E-state index in [9.17, 15) is 4.79 Å². The van der Waals surface area contributed by atoms with E-state index in [1.54, 1.807) is 7.11 Å². The molecule has 0 spiro atoms. The van der Waals surface area contributed by atoms with Gasteiger partial charge in [0.2, 0.25) is 0 Å². The molecule has 0 N–H and O–H groups in total. The van der Waals surface area contributed by atoms with Gasteiger partial charge < -0.3 is 9.47 Å². The fourth-order valence-corrected chi connectivity index (χ4v) is 2.83. The summed E-state index contributed by atoms with van der Waals surface area (Å²) in [6.45, 7) is 8.63. The van der Waals surface area contributed by atoms with Crippen LogP contribution in [-0.2, 0) is 14.3 Å². The Kier molecular flexibility index (Phi) is 4.59. The van der Waals surface area contributed by atoms with E-state index in [1.807, 2.05) is 20.8 Å². The zero-order valence-electron chi connectivity index (χ0n) is 11.8. The maximum absolute atomic E-state index is 11.9. The first-order chi connectivity index (χ1) is 7.76. The smallest absolute Gasteiger partial charge is 0.306 e. The van der Waals surface area contributed by atoms with Crippen molar-refractivity contribution in [2.24, 2.45) is 11.3 Å². The van der Waals surface area contributed by atoms with Gasteiger partial charge in [-0.3, -0.25) is 4.79 Å². The summed E-state index contributed by atoms with van der Waals surface area (Å²) in [5.74, 6) is 0.594. The van der Waals surface area contributed by atoms with Crippen molar-refractivity contribution in [3.8, 4) is 0 Å². The van der Waals surface area contributed by atoms with Crippen molar-refractivity contribution in [3.05, 3.63) is 0 Å². The van der Waals surface area contributed by atoms with E-state index >= 15 is 0 Å². The van der Waals surface area contributed by atoms with Crippen molar-refractivity contribution in [2.45, 2.75) is 59.0 Å². The Balaban J connectivity index is 2.59. The van der Waals surface area contributed by atoms with Crippen LogP contribution in [0.25, 0.3) is 0 Å². The lowest BCUT2D eigenvalue weighted by molar-refractivity contribution is -0.158. The molecule has 1 aliphatic carbocycles. The summed E-state index contributed by atoms with van der Waals surface area (Å²) in [6, 6.07) is 0. The van der Waals surface area contributed by atoms with Crippen LogP contribution in [0.4, 0.5) is 0 Å². The van der Waals surface area contributed by atoms with Gasteiger partial charge in [0.05, 0.1) is 13.0 Å². The SMILES string of the molecule is COC[C@]1(CC(=O)OC(C)(C)C)CC[C@@H](C)C1. The Morgan fingerprint density at radius 2 is 2.06 bits per heavy atom. The summed E-state index contributed by atoms with van der Waals surface area (Å²) in [5, 5.41) is 0. The Bertz CT molecular complexity index is 263. The zero-order valence-corrected chi connectivity index (χ0v) is 11.8. The molecule has 1 aliphatic rings. The highest BCUT2D eigenvalue weighted by Gasteiger charge is 2.40. The molecule has 1 saturated carbocycles. The van der Waals surface area contributed by atoms with Gasteiger partial charge in [0.25, 0.3) is 0 Å². The predicted octanol–water partition coefficient (Wildman–Crippen LogP) is 3.17. The van der Waals surface area contributed by atoms with Gasteiger partial charge in [-0.25, -0.2) is 0 Å². The van der Waals surface area contributed by atoms with Crippen LogP contribution in [0, 0.1) is 11.3 Å². The molecule has 0 radical (unpaired) electrons. The molecule has 100 valence electrons. The van der Waals surface area contributed by atoms with Gasteiger partial charge in [0.15, 0.2) is 0 Å². The molecule has 0 aromatic rings. The van der Waals surface area contributed by atoms with Crippen molar-refractivity contribution in [2.75, 3.05) is 13.7 Å². The quantitative estimate of drug-likeness (QED) is 0.710. The molecule has 0 aliphatic heterocycles. The molecule has 0 bridgehead atoms. The standard InChI is InChI=1S/C14H26O3/c1-11-6-7-14(8-11,10-16-5)9-12(15)17-13(2,3)4/h11H,6-10H2,1-5H3/t11-,14-/m1/s1. The van der Waals surface area contributed by atoms with Crippen LogP contribution in [0.3, 0.4) is 0 Å². The average Bonchev–Trinajstić information content (AvgIpc) is 2.44. The third-order valence-electron chi connectivity index (χ3n) is 3.34. The number of esters is 1. The van der Waals surface area contributed by atoms with E-state index in [4.69, 9.17) is 9.47 Å². The Morgan fingerprint density at radius 3 is 2.47 bits per heavy atom. The minimum absolute atomic E-state index is 0.0104. The fourth-order valence-electron chi connectivity index (χ4n) is 2.83. The molecule has 0 aromatic carbocycles. The van der Waals surface area contributed by atoms with Crippen LogP contribution in [-0.4, -0.2) is 25.3 Å². The third-order valence-corrected chi connectivity index (χ3v) is 3.34. The average molecular weight is 242 g/mol. The van der Waals surface area contributed by atoms with E-state index in [0.717, 1.165) is 12.8 Å². The Labute approximate surface area is 105 Å². The fraction of sp³-hybridized carbons (Fsp3) is 0.929. The van der Waals surface area contributed by atoms with Gasteiger partial charge in [-0.1, -0.05) is 13.3 Å². The lowest BCUT2D eigenvalue weighted by atomic mass is 9.83. The summed E-state index contributed by atoms with van der Waals surface area (Å²) in [7, 11) is 1.71. The minimum Gasteiger partial charge on any atom is -0.460 e. The predicted molar refractivity (Wildman–Crippen MR) is 67.8 cm³/mol. The third kappa shape index (κ3) is 4.66. The maximum atomic E-state index is 11.9. The van der Waals surface area contributed by atoms with Gasteiger partial charge in [-0.2, -0.15) is 0 Å². The van der Waals surface area contributed by atoms with Gasteiger partial charge >= 0.3 is 5.97 Å². The van der Waals surface area contributed by atoms with Gasteiger partial charge in [-0.15, -0.1) is 0 Å². The molecule has 1 rings (SSSR count). The summed E-state index contributed by atoms with van der Waals surface area (Å²) in [5.41, 5.74) is -0.383. The number of carbonyl (C=O) groups is 1. The molecule has 0 unspecified atom stereocenters.